The van der Waals surface area contributed by atoms with Gasteiger partial charge >= 0.3 is 11.9 Å². The van der Waals surface area contributed by atoms with Crippen LogP contribution in [0.1, 0.15) is 26.3 Å². The molecule has 0 saturated carbocycles. The number of hydrogen-bond donors (Lipinski definition) is 0. The highest BCUT2D eigenvalue weighted by atomic mass is 19.4. The van der Waals surface area contributed by atoms with Gasteiger partial charge in [-0.3, -0.25) is 10.1 Å². The molecule has 0 radical (unpaired) electrons. The van der Waals surface area contributed by atoms with Crippen molar-refractivity contribution >= 4 is 16.7 Å². The molecule has 22 heavy (non-hydrogen) atoms. The summed E-state index contributed by atoms with van der Waals surface area (Å²) >= 11 is 0. The van der Waals surface area contributed by atoms with E-state index in [1.165, 1.54) is 7.05 Å². The maximum atomic E-state index is 12.9. The van der Waals surface area contributed by atoms with E-state index in [2.05, 4.69) is 5.21 Å². The second-order valence-corrected chi connectivity index (χ2v) is 5.71. The van der Waals surface area contributed by atoms with Gasteiger partial charge in [0.1, 0.15) is 12.3 Å². The zero-order valence-corrected chi connectivity index (χ0v) is 12.3. The normalized spacial score (nSPS) is 12.7. The van der Waals surface area contributed by atoms with E-state index in [1.54, 1.807) is 20.8 Å². The highest BCUT2D eigenvalue weighted by Gasteiger charge is 2.38. The summed E-state index contributed by atoms with van der Waals surface area (Å²) in [5.74, 6) is 0. The first-order valence-electron chi connectivity index (χ1n) is 6.24. The third-order valence-corrected chi connectivity index (χ3v) is 2.70. The van der Waals surface area contributed by atoms with Crippen molar-refractivity contribution in [1.82, 2.24) is 10.1 Å². The summed E-state index contributed by atoms with van der Waals surface area (Å²) in [5, 5.41) is 15.0. The molecule has 0 aliphatic rings. The number of aromatic nitrogens is 3. The summed E-state index contributed by atoms with van der Waals surface area (Å²) < 4.78 is 39.9. The van der Waals surface area contributed by atoms with Gasteiger partial charge < -0.3 is 4.84 Å². The van der Waals surface area contributed by atoms with Crippen LogP contribution in [-0.2, 0) is 13.2 Å². The maximum Gasteiger partial charge on any atom is 0.416 e. The largest absolute Gasteiger partial charge is 0.416 e. The van der Waals surface area contributed by atoms with Gasteiger partial charge in [-0.15, -0.1) is 4.68 Å². The van der Waals surface area contributed by atoms with Crippen LogP contribution < -0.4 is 9.52 Å². The molecule has 120 valence electrons. The highest BCUT2D eigenvalue weighted by molar-refractivity contribution is 5.82. The molecule has 0 N–H and O–H groups in total. The van der Waals surface area contributed by atoms with Gasteiger partial charge in [0.05, 0.1) is 15.3 Å². The summed E-state index contributed by atoms with van der Waals surface area (Å²) in [4.78, 5) is 16.5. The molecule has 0 fully saturated rings. The zero-order chi connectivity index (χ0) is 16.9. The number of alkyl halides is 3. The number of nitrogens with zero attached hydrogens (tertiary/aromatic N) is 4. The lowest BCUT2D eigenvalue weighted by Crippen LogP contribution is -2.37. The lowest BCUT2D eigenvalue weighted by Gasteiger charge is -2.14. The van der Waals surface area contributed by atoms with E-state index in [1.807, 2.05) is 0 Å². The molecule has 1 aromatic carbocycles. The Morgan fingerprint density at radius 2 is 1.91 bits per heavy atom. The minimum atomic E-state index is -4.71. The Kier molecular flexibility index (Phi) is 3.50. The van der Waals surface area contributed by atoms with Gasteiger partial charge in [-0.25, -0.2) is 0 Å². The standard InChI is InChI=1S/C12H14F3N4O3/c1-11(2,3)22-18-8-5-7(12(13,14)15)6-9(19(20)21)10(8)17(4)16-18/h5-6H,1-4H3/q+1. The predicted molar refractivity (Wildman–Crippen MR) is 68.9 cm³/mol. The molecule has 2 rings (SSSR count). The average molecular weight is 319 g/mol. The Labute approximate surface area is 123 Å². The average Bonchev–Trinajstić information content (AvgIpc) is 2.62. The maximum absolute atomic E-state index is 12.9. The Morgan fingerprint density at radius 1 is 1.32 bits per heavy atom. The number of benzene rings is 1. The minimum absolute atomic E-state index is 0.0535. The van der Waals surface area contributed by atoms with Gasteiger partial charge in [-0.05, 0) is 20.8 Å². The van der Waals surface area contributed by atoms with Gasteiger partial charge in [0.2, 0.25) is 0 Å². The predicted octanol–water partition coefficient (Wildman–Crippen LogP) is 2.01. The van der Waals surface area contributed by atoms with Gasteiger partial charge in [-0.1, -0.05) is 0 Å². The first-order valence-corrected chi connectivity index (χ1v) is 6.24. The highest BCUT2D eigenvalue weighted by Crippen LogP contribution is 2.35. The van der Waals surface area contributed by atoms with Gasteiger partial charge in [-0.2, -0.15) is 13.2 Å². The monoisotopic (exact) mass is 319 g/mol. The van der Waals surface area contributed by atoms with Gasteiger partial charge in [0.25, 0.3) is 11.0 Å². The molecule has 1 heterocycles. The number of nitro groups is 1. The molecule has 0 saturated heterocycles. The first-order chi connectivity index (χ1) is 9.90. The molecule has 0 amide bonds. The van der Waals surface area contributed by atoms with Crippen molar-refractivity contribution in [3.05, 3.63) is 27.8 Å². The van der Waals surface area contributed by atoms with E-state index >= 15 is 0 Å². The van der Waals surface area contributed by atoms with Crippen molar-refractivity contribution in [2.45, 2.75) is 32.5 Å². The molecular formula is C12H14F3N4O3+. The summed E-state index contributed by atoms with van der Waals surface area (Å²) in [5.41, 5.74) is -2.74. The van der Waals surface area contributed by atoms with Crippen LogP contribution in [0.3, 0.4) is 0 Å². The molecule has 0 aliphatic heterocycles. The lowest BCUT2D eigenvalue weighted by molar-refractivity contribution is -0.713. The van der Waals surface area contributed by atoms with Crippen LogP contribution in [0, 0.1) is 10.1 Å². The van der Waals surface area contributed by atoms with Crippen LogP contribution in [0.5, 0.6) is 0 Å². The Balaban J connectivity index is 2.81. The fraction of sp³-hybridized carbons (Fsp3) is 0.500. The first kappa shape index (κ1) is 16.0. The van der Waals surface area contributed by atoms with Crippen molar-refractivity contribution in [2.24, 2.45) is 7.05 Å². The molecule has 10 heteroatoms. The molecule has 7 nitrogen and oxygen atoms in total. The Bertz CT molecular complexity index is 747. The van der Waals surface area contributed by atoms with Crippen LogP contribution in [0.25, 0.3) is 11.0 Å². The molecular weight excluding hydrogens is 305 g/mol. The summed E-state index contributed by atoms with van der Waals surface area (Å²) in [6, 6.07) is 1.27. The fourth-order valence-electron chi connectivity index (χ4n) is 1.93. The Morgan fingerprint density at radius 3 is 2.36 bits per heavy atom. The van der Waals surface area contributed by atoms with Crippen LogP contribution in [0.2, 0.25) is 0 Å². The zero-order valence-electron chi connectivity index (χ0n) is 12.3. The van der Waals surface area contributed by atoms with Gasteiger partial charge in [0, 0.05) is 12.1 Å². The van der Waals surface area contributed by atoms with Crippen molar-refractivity contribution in [3.8, 4) is 0 Å². The number of halogens is 3. The number of non-ortho nitro benzene ring substituents is 1. The van der Waals surface area contributed by atoms with Crippen molar-refractivity contribution in [3.63, 3.8) is 0 Å². The lowest BCUT2D eigenvalue weighted by atomic mass is 10.1. The van der Waals surface area contributed by atoms with E-state index in [0.717, 1.165) is 15.6 Å². The molecule has 0 unspecified atom stereocenters. The van der Waals surface area contributed by atoms with E-state index in [0.29, 0.717) is 6.07 Å². The van der Waals surface area contributed by atoms with Crippen LogP contribution >= 0.6 is 0 Å². The molecule has 0 bridgehead atoms. The number of hydrogen-bond acceptors (Lipinski definition) is 4. The summed E-state index contributed by atoms with van der Waals surface area (Å²) in [7, 11) is 1.39. The van der Waals surface area contributed by atoms with Crippen LogP contribution in [0.15, 0.2) is 12.1 Å². The SMILES string of the molecule is C[n+]1nn(OC(C)(C)C)c2cc(C(F)(F)F)cc([N+](=O)[O-])c21. The second-order valence-electron chi connectivity index (χ2n) is 5.71. The number of aryl methyl sites for hydroxylation is 1. The molecule has 2 aromatic rings. The smallest absolute Gasteiger partial charge is 0.309 e. The summed E-state index contributed by atoms with van der Waals surface area (Å²) in [6.07, 6.45) is -4.71. The fourth-order valence-corrected chi connectivity index (χ4v) is 1.93. The third kappa shape index (κ3) is 2.95. The number of rotatable bonds is 2. The molecule has 0 spiro atoms. The number of nitro benzene ring substituents is 1. The van der Waals surface area contributed by atoms with E-state index in [4.69, 9.17) is 4.84 Å². The van der Waals surface area contributed by atoms with Crippen molar-refractivity contribution in [2.75, 3.05) is 0 Å². The molecule has 1 aromatic heterocycles. The van der Waals surface area contributed by atoms with Gasteiger partial charge in [0.15, 0.2) is 5.60 Å². The van der Waals surface area contributed by atoms with E-state index < -0.39 is 28.0 Å². The third-order valence-electron chi connectivity index (χ3n) is 2.70. The summed E-state index contributed by atoms with van der Waals surface area (Å²) in [6.45, 7) is 5.05. The number of fused-ring (bicyclic) bond motifs is 1. The molecule has 0 atom stereocenters. The second kappa shape index (κ2) is 4.82. The van der Waals surface area contributed by atoms with Crippen molar-refractivity contribution in [1.29, 1.82) is 0 Å². The molecule has 0 aliphatic carbocycles. The van der Waals surface area contributed by atoms with Crippen LogP contribution in [-0.4, -0.2) is 20.6 Å². The van der Waals surface area contributed by atoms with E-state index in [9.17, 15) is 23.3 Å². The van der Waals surface area contributed by atoms with E-state index in [-0.39, 0.29) is 11.0 Å². The van der Waals surface area contributed by atoms with Crippen LogP contribution in [0.4, 0.5) is 18.9 Å². The Hall–Kier alpha value is -2.39. The topological polar surface area (TPSA) is 74.1 Å². The minimum Gasteiger partial charge on any atom is -0.309 e. The quantitative estimate of drug-likeness (QED) is 0.482. The van der Waals surface area contributed by atoms with Crippen molar-refractivity contribution < 1.29 is 27.6 Å².